The third kappa shape index (κ3) is 4.64. The number of amides is 1. The van der Waals surface area contributed by atoms with Crippen LogP contribution in [0.3, 0.4) is 0 Å². The molecule has 90 valence electrons. The number of halogens is 1. The lowest BCUT2D eigenvalue weighted by molar-refractivity contribution is -0.116. The summed E-state index contributed by atoms with van der Waals surface area (Å²) in [5.74, 6) is 0.0612. The van der Waals surface area contributed by atoms with Crippen LogP contribution in [0.2, 0.25) is 0 Å². The molecule has 1 aromatic carbocycles. The molecule has 3 nitrogen and oxygen atoms in total. The molecule has 4 heteroatoms. The zero-order chi connectivity index (χ0) is 11.3. The quantitative estimate of drug-likeness (QED) is 0.853. The zero-order valence-corrected chi connectivity index (χ0v) is 10.5. The number of carbonyl (C=O) groups excluding carboxylic acids is 1. The maximum Gasteiger partial charge on any atom is 0.224 e. The maximum atomic E-state index is 11.3. The average Bonchev–Trinajstić information content (AvgIpc) is 2.18. The number of nitrogens with two attached hydrogens (primary N) is 1. The Labute approximate surface area is 103 Å². The lowest BCUT2D eigenvalue weighted by Crippen LogP contribution is -2.11. The van der Waals surface area contributed by atoms with Gasteiger partial charge in [-0.15, -0.1) is 12.4 Å². The lowest BCUT2D eigenvalue weighted by atomic mass is 10.1. The van der Waals surface area contributed by atoms with Crippen LogP contribution in [0, 0.1) is 0 Å². The minimum atomic E-state index is 0. The Kier molecular flexibility index (Phi) is 6.77. The molecule has 0 aliphatic heterocycles. The molecule has 0 saturated carbocycles. The SMILES string of the molecule is CCCC(=O)Nc1ccc(C(C)N)cc1.Cl. The van der Waals surface area contributed by atoms with E-state index in [9.17, 15) is 4.79 Å². The number of benzene rings is 1. The third-order valence-electron chi connectivity index (χ3n) is 2.20. The minimum absolute atomic E-state index is 0. The number of hydrogen-bond acceptors (Lipinski definition) is 2. The Morgan fingerprint density at radius 1 is 1.38 bits per heavy atom. The van der Waals surface area contributed by atoms with Crippen LogP contribution < -0.4 is 11.1 Å². The van der Waals surface area contributed by atoms with Crippen LogP contribution in [0.4, 0.5) is 5.69 Å². The predicted molar refractivity (Wildman–Crippen MR) is 69.8 cm³/mol. The van der Waals surface area contributed by atoms with Crippen LogP contribution in [-0.2, 0) is 4.79 Å². The molecule has 1 rings (SSSR count). The van der Waals surface area contributed by atoms with Crippen molar-refractivity contribution in [3.8, 4) is 0 Å². The highest BCUT2D eigenvalue weighted by Gasteiger charge is 2.02. The Morgan fingerprint density at radius 3 is 2.38 bits per heavy atom. The first-order valence-electron chi connectivity index (χ1n) is 5.29. The number of nitrogens with one attached hydrogen (secondary N) is 1. The average molecular weight is 243 g/mol. The highest BCUT2D eigenvalue weighted by Crippen LogP contribution is 2.14. The first kappa shape index (κ1) is 14.9. The van der Waals surface area contributed by atoms with Crippen molar-refractivity contribution in [2.75, 3.05) is 5.32 Å². The Bertz CT molecular complexity index is 322. The van der Waals surface area contributed by atoms with Crippen LogP contribution in [-0.4, -0.2) is 5.91 Å². The topological polar surface area (TPSA) is 55.1 Å². The van der Waals surface area contributed by atoms with E-state index in [0.717, 1.165) is 17.7 Å². The largest absolute Gasteiger partial charge is 0.326 e. The van der Waals surface area contributed by atoms with E-state index < -0.39 is 0 Å². The Balaban J connectivity index is 0.00000225. The van der Waals surface area contributed by atoms with Gasteiger partial charge in [-0.05, 0) is 31.0 Å². The summed E-state index contributed by atoms with van der Waals surface area (Å²) in [6, 6.07) is 7.67. The van der Waals surface area contributed by atoms with Crippen LogP contribution in [0.1, 0.15) is 38.3 Å². The molecule has 0 saturated heterocycles. The van der Waals surface area contributed by atoms with E-state index in [1.165, 1.54) is 0 Å². The zero-order valence-electron chi connectivity index (χ0n) is 9.69. The van der Waals surface area contributed by atoms with Gasteiger partial charge in [-0.1, -0.05) is 19.1 Å². The van der Waals surface area contributed by atoms with E-state index in [-0.39, 0.29) is 24.4 Å². The molecule has 1 atom stereocenters. The van der Waals surface area contributed by atoms with Gasteiger partial charge in [-0.3, -0.25) is 4.79 Å². The fourth-order valence-electron chi connectivity index (χ4n) is 1.32. The molecule has 0 bridgehead atoms. The Hall–Kier alpha value is -1.06. The van der Waals surface area contributed by atoms with Crippen molar-refractivity contribution >= 4 is 24.0 Å². The summed E-state index contributed by atoms with van der Waals surface area (Å²) >= 11 is 0. The van der Waals surface area contributed by atoms with E-state index in [2.05, 4.69) is 5.32 Å². The second-order valence-electron chi connectivity index (χ2n) is 3.71. The summed E-state index contributed by atoms with van der Waals surface area (Å²) in [5, 5.41) is 2.83. The monoisotopic (exact) mass is 242 g/mol. The molecule has 0 heterocycles. The lowest BCUT2D eigenvalue weighted by Gasteiger charge is -2.07. The molecule has 0 aliphatic rings. The van der Waals surface area contributed by atoms with Crippen molar-refractivity contribution in [1.82, 2.24) is 0 Å². The first-order valence-corrected chi connectivity index (χ1v) is 5.29. The summed E-state index contributed by atoms with van der Waals surface area (Å²) in [7, 11) is 0. The maximum absolute atomic E-state index is 11.3. The molecule has 1 aromatic rings. The molecular formula is C12H19ClN2O. The van der Waals surface area contributed by atoms with Crippen molar-refractivity contribution in [2.45, 2.75) is 32.7 Å². The van der Waals surface area contributed by atoms with Gasteiger partial charge < -0.3 is 11.1 Å². The molecule has 0 fully saturated rings. The smallest absolute Gasteiger partial charge is 0.224 e. The van der Waals surface area contributed by atoms with Crippen LogP contribution >= 0.6 is 12.4 Å². The fourth-order valence-corrected chi connectivity index (χ4v) is 1.32. The molecule has 0 radical (unpaired) electrons. The van der Waals surface area contributed by atoms with Gasteiger partial charge in [0.15, 0.2) is 0 Å². The van der Waals surface area contributed by atoms with E-state index >= 15 is 0 Å². The number of hydrogen-bond donors (Lipinski definition) is 2. The van der Waals surface area contributed by atoms with E-state index in [1.54, 1.807) is 0 Å². The van der Waals surface area contributed by atoms with E-state index in [4.69, 9.17) is 5.73 Å². The Morgan fingerprint density at radius 2 is 1.94 bits per heavy atom. The minimum Gasteiger partial charge on any atom is -0.326 e. The second-order valence-corrected chi connectivity index (χ2v) is 3.71. The molecule has 0 aromatic heterocycles. The van der Waals surface area contributed by atoms with Crippen LogP contribution in [0.15, 0.2) is 24.3 Å². The summed E-state index contributed by atoms with van der Waals surface area (Å²) in [6.45, 7) is 3.92. The third-order valence-corrected chi connectivity index (χ3v) is 2.20. The molecule has 3 N–H and O–H groups in total. The summed E-state index contributed by atoms with van der Waals surface area (Å²) in [5.41, 5.74) is 7.63. The highest BCUT2D eigenvalue weighted by molar-refractivity contribution is 5.90. The highest BCUT2D eigenvalue weighted by atomic mass is 35.5. The van der Waals surface area contributed by atoms with Gasteiger partial charge in [-0.25, -0.2) is 0 Å². The van der Waals surface area contributed by atoms with Gasteiger partial charge in [-0.2, -0.15) is 0 Å². The number of carbonyl (C=O) groups is 1. The number of anilines is 1. The van der Waals surface area contributed by atoms with Gasteiger partial charge >= 0.3 is 0 Å². The van der Waals surface area contributed by atoms with Gasteiger partial charge in [0.25, 0.3) is 0 Å². The molecular weight excluding hydrogens is 224 g/mol. The molecule has 0 aliphatic carbocycles. The standard InChI is InChI=1S/C12H18N2O.ClH/c1-3-4-12(15)14-11-7-5-10(6-8-11)9(2)13;/h5-9H,3-4,13H2,1-2H3,(H,14,15);1H. The molecule has 1 amide bonds. The molecule has 0 spiro atoms. The van der Waals surface area contributed by atoms with Crippen molar-refractivity contribution in [2.24, 2.45) is 5.73 Å². The summed E-state index contributed by atoms with van der Waals surface area (Å²) in [6.07, 6.45) is 1.43. The first-order chi connectivity index (χ1) is 7.13. The second kappa shape index (κ2) is 7.25. The fraction of sp³-hybridized carbons (Fsp3) is 0.417. The van der Waals surface area contributed by atoms with Crippen molar-refractivity contribution in [3.63, 3.8) is 0 Å². The van der Waals surface area contributed by atoms with Crippen LogP contribution in [0.25, 0.3) is 0 Å². The van der Waals surface area contributed by atoms with Gasteiger partial charge in [0.05, 0.1) is 0 Å². The van der Waals surface area contributed by atoms with Gasteiger partial charge in [0.1, 0.15) is 0 Å². The van der Waals surface area contributed by atoms with Gasteiger partial charge in [0, 0.05) is 18.2 Å². The van der Waals surface area contributed by atoms with E-state index in [0.29, 0.717) is 6.42 Å². The van der Waals surface area contributed by atoms with Crippen molar-refractivity contribution in [3.05, 3.63) is 29.8 Å². The van der Waals surface area contributed by atoms with Gasteiger partial charge in [0.2, 0.25) is 5.91 Å². The van der Waals surface area contributed by atoms with E-state index in [1.807, 2.05) is 38.1 Å². The predicted octanol–water partition coefficient (Wildman–Crippen LogP) is 2.87. The van der Waals surface area contributed by atoms with Crippen LogP contribution in [0.5, 0.6) is 0 Å². The number of rotatable bonds is 4. The summed E-state index contributed by atoms with van der Waals surface area (Å²) < 4.78 is 0. The molecule has 16 heavy (non-hydrogen) atoms. The van der Waals surface area contributed by atoms with Crippen molar-refractivity contribution < 1.29 is 4.79 Å². The van der Waals surface area contributed by atoms with Crippen molar-refractivity contribution in [1.29, 1.82) is 0 Å². The summed E-state index contributed by atoms with van der Waals surface area (Å²) in [4.78, 5) is 11.3. The molecule has 1 unspecified atom stereocenters. The normalized spacial score (nSPS) is 11.4.